The van der Waals surface area contributed by atoms with Crippen LogP contribution in [-0.2, 0) is 16.9 Å². The van der Waals surface area contributed by atoms with E-state index in [1.165, 1.54) is 11.1 Å². The molecule has 3 aromatic rings. The van der Waals surface area contributed by atoms with Gasteiger partial charge in [0.2, 0.25) is 5.91 Å². The molecule has 0 spiro atoms. The van der Waals surface area contributed by atoms with E-state index in [-0.39, 0.29) is 29.8 Å². The number of piperidine rings is 1. The van der Waals surface area contributed by atoms with Crippen molar-refractivity contribution in [3.05, 3.63) is 65.6 Å². The van der Waals surface area contributed by atoms with Gasteiger partial charge in [0.1, 0.15) is 18.2 Å². The molecule has 10 heteroatoms. The van der Waals surface area contributed by atoms with Crippen molar-refractivity contribution in [3.63, 3.8) is 0 Å². The summed E-state index contributed by atoms with van der Waals surface area (Å²) in [5, 5.41) is 14.5. The van der Waals surface area contributed by atoms with Gasteiger partial charge in [-0.15, -0.1) is 0 Å². The van der Waals surface area contributed by atoms with Gasteiger partial charge in [-0.25, -0.2) is 9.18 Å². The molecule has 2 aromatic carbocycles. The van der Waals surface area contributed by atoms with E-state index in [0.717, 1.165) is 17.9 Å². The number of amides is 3. The van der Waals surface area contributed by atoms with Gasteiger partial charge in [0, 0.05) is 55.5 Å². The molecule has 0 saturated carbocycles. The summed E-state index contributed by atoms with van der Waals surface area (Å²) in [6.07, 6.45) is 2.01. The normalized spacial score (nSPS) is 21.4. The molecule has 2 saturated heterocycles. The van der Waals surface area contributed by atoms with Gasteiger partial charge in [-0.3, -0.25) is 24.9 Å². The molecule has 3 amide bonds. The van der Waals surface area contributed by atoms with Crippen molar-refractivity contribution < 1.29 is 23.8 Å². The van der Waals surface area contributed by atoms with Crippen LogP contribution in [0.1, 0.15) is 37.8 Å². The average Bonchev–Trinajstić information content (AvgIpc) is 2.92. The number of likely N-dealkylation sites (N-methyl/N-ethyl adjacent to an activating group) is 1. The second-order valence-corrected chi connectivity index (χ2v) is 11.9. The van der Waals surface area contributed by atoms with Crippen molar-refractivity contribution in [2.24, 2.45) is 5.41 Å². The number of aliphatic hydroxyl groups is 1. The molecule has 0 aliphatic carbocycles. The van der Waals surface area contributed by atoms with Crippen molar-refractivity contribution in [1.82, 2.24) is 20.1 Å². The van der Waals surface area contributed by atoms with E-state index in [4.69, 9.17) is 4.74 Å². The molecule has 3 heterocycles. The molecule has 218 valence electrons. The predicted octanol–water partition coefficient (Wildman–Crippen LogP) is 3.88. The molecule has 5 rings (SSSR count). The fraction of sp³-hybridized carbons (Fsp3) is 0.452. The van der Waals surface area contributed by atoms with Gasteiger partial charge >= 0.3 is 6.03 Å². The highest BCUT2D eigenvalue weighted by molar-refractivity contribution is 6.06. The van der Waals surface area contributed by atoms with Crippen LogP contribution in [0.2, 0.25) is 0 Å². The molecular formula is C31H38FN5O4. The highest BCUT2D eigenvalue weighted by Gasteiger charge is 2.50. The second-order valence-electron chi connectivity index (χ2n) is 11.9. The van der Waals surface area contributed by atoms with Gasteiger partial charge in [-0.2, -0.15) is 0 Å². The first-order valence-corrected chi connectivity index (χ1v) is 14.0. The number of hydrogen-bond acceptors (Lipinski definition) is 7. The number of hydrogen-bond donors (Lipinski definition) is 2. The minimum Gasteiger partial charge on any atom is -0.492 e. The molecule has 9 nitrogen and oxygen atoms in total. The molecule has 1 aromatic heterocycles. The van der Waals surface area contributed by atoms with E-state index in [2.05, 4.69) is 32.2 Å². The van der Waals surface area contributed by atoms with Gasteiger partial charge in [-0.05, 0) is 50.3 Å². The molecular weight excluding hydrogens is 525 g/mol. The maximum absolute atomic E-state index is 16.2. The summed E-state index contributed by atoms with van der Waals surface area (Å²) in [5.74, 6) is -0.0482. The Kier molecular flexibility index (Phi) is 8.00. The summed E-state index contributed by atoms with van der Waals surface area (Å²) < 4.78 is 22.0. The molecule has 2 aliphatic rings. The Labute approximate surface area is 239 Å². The van der Waals surface area contributed by atoms with Crippen molar-refractivity contribution >= 4 is 28.5 Å². The van der Waals surface area contributed by atoms with Crippen LogP contribution in [0.15, 0.2) is 48.7 Å². The van der Waals surface area contributed by atoms with Gasteiger partial charge in [0.15, 0.2) is 0 Å². The Morgan fingerprint density at radius 2 is 1.88 bits per heavy atom. The zero-order valence-corrected chi connectivity index (χ0v) is 24.1. The van der Waals surface area contributed by atoms with E-state index in [1.54, 1.807) is 18.2 Å². The smallest absolute Gasteiger partial charge is 0.328 e. The van der Waals surface area contributed by atoms with E-state index in [0.29, 0.717) is 43.9 Å². The first-order chi connectivity index (χ1) is 19.5. The van der Waals surface area contributed by atoms with E-state index >= 15 is 4.39 Å². The molecule has 2 aliphatic heterocycles. The Hall–Kier alpha value is -3.60. The van der Waals surface area contributed by atoms with Crippen molar-refractivity contribution in [3.8, 4) is 5.75 Å². The fourth-order valence-corrected chi connectivity index (χ4v) is 5.79. The first kappa shape index (κ1) is 28.9. The largest absolute Gasteiger partial charge is 0.492 e. The standard InChI is InChI=1S/C31H38FN5O4/c1-30(2)20-36(19-21-5-7-23(8-6-21)41-16-15-35(3)4)14-12-31(30,40)25-9-10-26-24(28(25)32)17-22(18-33-26)37-13-11-27(38)34-29(37)39/h5-10,17-18,40H,11-16,19-20H2,1-4H3,(H,34,38,39)/t31-/m0/s1. The lowest BCUT2D eigenvalue weighted by Crippen LogP contribution is -2.55. The summed E-state index contributed by atoms with van der Waals surface area (Å²) >= 11 is 0. The van der Waals surface area contributed by atoms with Crippen molar-refractivity contribution in [2.45, 2.75) is 38.8 Å². The van der Waals surface area contributed by atoms with Crippen LogP contribution >= 0.6 is 0 Å². The van der Waals surface area contributed by atoms with Crippen LogP contribution in [-0.4, -0.2) is 78.7 Å². The number of ether oxygens (including phenoxy) is 1. The van der Waals surface area contributed by atoms with E-state index in [1.807, 2.05) is 40.1 Å². The lowest BCUT2D eigenvalue weighted by atomic mass is 9.66. The molecule has 41 heavy (non-hydrogen) atoms. The number of nitrogens with one attached hydrogen (secondary N) is 1. The summed E-state index contributed by atoms with van der Waals surface area (Å²) in [6, 6.07) is 12.4. The first-order valence-electron chi connectivity index (χ1n) is 14.0. The second kappa shape index (κ2) is 11.3. The lowest BCUT2D eigenvalue weighted by molar-refractivity contribution is -0.128. The minimum atomic E-state index is -1.41. The van der Waals surface area contributed by atoms with Crippen LogP contribution in [0.5, 0.6) is 5.75 Å². The Morgan fingerprint density at radius 1 is 1.12 bits per heavy atom. The number of urea groups is 1. The molecule has 2 N–H and O–H groups in total. The summed E-state index contributed by atoms with van der Waals surface area (Å²) in [4.78, 5) is 34.0. The third-order valence-electron chi connectivity index (χ3n) is 8.26. The van der Waals surface area contributed by atoms with Crippen molar-refractivity contribution in [1.29, 1.82) is 0 Å². The Bertz CT molecular complexity index is 1440. The van der Waals surface area contributed by atoms with Gasteiger partial charge < -0.3 is 14.7 Å². The summed E-state index contributed by atoms with van der Waals surface area (Å²) in [6.45, 7) is 7.48. The summed E-state index contributed by atoms with van der Waals surface area (Å²) in [5.41, 5.74) is 0.130. The van der Waals surface area contributed by atoms with Crippen LogP contribution in [0.25, 0.3) is 10.9 Å². The number of carbonyl (C=O) groups is 2. The SMILES string of the molecule is CN(C)CCOc1ccc(CN2CC[C@](O)(c3ccc4ncc(N5CCC(=O)NC5=O)cc4c3F)C(C)(C)C2)cc1. The number of likely N-dealkylation sites (tertiary alicyclic amines) is 1. The maximum Gasteiger partial charge on any atom is 0.328 e. The molecule has 0 bridgehead atoms. The molecule has 2 fully saturated rings. The molecule has 0 radical (unpaired) electrons. The maximum atomic E-state index is 16.2. The highest BCUT2D eigenvalue weighted by Crippen LogP contribution is 2.48. The van der Waals surface area contributed by atoms with Gasteiger partial charge in [0.05, 0.1) is 23.0 Å². The lowest BCUT2D eigenvalue weighted by Gasteiger charge is -2.50. The van der Waals surface area contributed by atoms with E-state index in [9.17, 15) is 14.7 Å². The molecule has 0 unspecified atom stereocenters. The van der Waals surface area contributed by atoms with Gasteiger partial charge in [0.25, 0.3) is 0 Å². The number of carbonyl (C=O) groups excluding carboxylic acids is 2. The quantitative estimate of drug-likeness (QED) is 0.429. The van der Waals surface area contributed by atoms with E-state index < -0.39 is 22.9 Å². The zero-order chi connectivity index (χ0) is 29.4. The van der Waals surface area contributed by atoms with Crippen molar-refractivity contribution in [2.75, 3.05) is 51.8 Å². The average molecular weight is 564 g/mol. The van der Waals surface area contributed by atoms with Gasteiger partial charge in [-0.1, -0.05) is 32.0 Å². The fourth-order valence-electron chi connectivity index (χ4n) is 5.79. The number of fused-ring (bicyclic) bond motifs is 1. The number of imide groups is 1. The van der Waals surface area contributed by atoms with Crippen LogP contribution < -0.4 is 15.0 Å². The number of halogens is 1. The number of pyridine rings is 1. The number of benzene rings is 2. The highest BCUT2D eigenvalue weighted by atomic mass is 19.1. The Balaban J connectivity index is 1.32. The summed E-state index contributed by atoms with van der Waals surface area (Å²) in [7, 11) is 4.02. The Morgan fingerprint density at radius 3 is 2.56 bits per heavy atom. The van der Waals surface area contributed by atoms with Crippen LogP contribution in [0.4, 0.5) is 14.9 Å². The third-order valence-corrected chi connectivity index (χ3v) is 8.26. The topological polar surface area (TPSA) is 98.2 Å². The number of rotatable bonds is 8. The third kappa shape index (κ3) is 5.91. The minimum absolute atomic E-state index is 0.158. The number of anilines is 1. The van der Waals surface area contributed by atoms with Crippen LogP contribution in [0, 0.1) is 11.2 Å². The molecule has 1 atom stereocenters. The monoisotopic (exact) mass is 563 g/mol. The number of aromatic nitrogens is 1. The zero-order valence-electron chi connectivity index (χ0n) is 24.1. The predicted molar refractivity (Wildman–Crippen MR) is 155 cm³/mol. The van der Waals surface area contributed by atoms with Crippen LogP contribution in [0.3, 0.4) is 0 Å². The number of nitrogens with zero attached hydrogens (tertiary/aromatic N) is 4.